The summed E-state index contributed by atoms with van der Waals surface area (Å²) in [4.78, 5) is 15.5. The van der Waals surface area contributed by atoms with Gasteiger partial charge in [0.25, 0.3) is 5.91 Å². The Labute approximate surface area is 197 Å². The summed E-state index contributed by atoms with van der Waals surface area (Å²) < 4.78 is 5.27. The molecule has 4 heteroatoms. The summed E-state index contributed by atoms with van der Waals surface area (Å²) in [5.74, 6) is 1.26. The van der Waals surface area contributed by atoms with Crippen molar-refractivity contribution in [3.8, 4) is 5.75 Å². The number of carbonyl (C=O) groups excluding carboxylic acids is 1. The van der Waals surface area contributed by atoms with E-state index in [0.717, 1.165) is 43.8 Å². The van der Waals surface area contributed by atoms with Crippen LogP contribution in [-0.2, 0) is 19.5 Å². The molecule has 1 aliphatic rings. The van der Waals surface area contributed by atoms with Crippen LogP contribution in [0.1, 0.15) is 58.9 Å². The van der Waals surface area contributed by atoms with Gasteiger partial charge in [0, 0.05) is 25.2 Å². The number of hydrogen-bond donors (Lipinski definition) is 1. The first kappa shape index (κ1) is 23.1. The molecule has 3 aromatic rings. The minimum absolute atomic E-state index is 0.0310. The van der Waals surface area contributed by atoms with Gasteiger partial charge >= 0.3 is 0 Å². The van der Waals surface area contributed by atoms with E-state index in [2.05, 4.69) is 60.5 Å². The highest BCUT2D eigenvalue weighted by Crippen LogP contribution is 2.24. The molecule has 1 N–H and O–H groups in total. The van der Waals surface area contributed by atoms with Gasteiger partial charge in [-0.05, 0) is 65.3 Å². The number of hydrogen-bond acceptors (Lipinski definition) is 3. The van der Waals surface area contributed by atoms with Crippen molar-refractivity contribution >= 4 is 5.91 Å². The second-order valence-corrected chi connectivity index (χ2v) is 9.36. The number of fused-ring (bicyclic) bond motifs is 1. The van der Waals surface area contributed by atoms with Crippen LogP contribution in [0.3, 0.4) is 0 Å². The van der Waals surface area contributed by atoms with E-state index in [1.807, 2.05) is 36.4 Å². The minimum Gasteiger partial charge on any atom is -0.497 e. The third kappa shape index (κ3) is 6.02. The van der Waals surface area contributed by atoms with Gasteiger partial charge in [0.2, 0.25) is 0 Å². The van der Waals surface area contributed by atoms with E-state index in [-0.39, 0.29) is 11.9 Å². The second kappa shape index (κ2) is 10.7. The molecule has 0 spiro atoms. The van der Waals surface area contributed by atoms with Crippen molar-refractivity contribution in [2.75, 3.05) is 13.7 Å². The largest absolute Gasteiger partial charge is 0.497 e. The molecule has 3 aromatic carbocycles. The maximum absolute atomic E-state index is 13.0. The molecule has 1 amide bonds. The van der Waals surface area contributed by atoms with Crippen LogP contribution in [0, 0.1) is 5.92 Å². The molecule has 33 heavy (non-hydrogen) atoms. The Morgan fingerprint density at radius 1 is 0.970 bits per heavy atom. The summed E-state index contributed by atoms with van der Waals surface area (Å²) in [6, 6.07) is 24.7. The van der Waals surface area contributed by atoms with Crippen LogP contribution in [0.25, 0.3) is 0 Å². The van der Waals surface area contributed by atoms with Crippen LogP contribution >= 0.6 is 0 Å². The number of methoxy groups -OCH3 is 1. The highest BCUT2D eigenvalue weighted by atomic mass is 16.5. The highest BCUT2D eigenvalue weighted by Gasteiger charge is 2.19. The summed E-state index contributed by atoms with van der Waals surface area (Å²) in [5, 5.41) is 3.24. The summed E-state index contributed by atoms with van der Waals surface area (Å²) >= 11 is 0. The van der Waals surface area contributed by atoms with Crippen LogP contribution in [0.15, 0.2) is 72.8 Å². The van der Waals surface area contributed by atoms with Gasteiger partial charge in [-0.2, -0.15) is 0 Å². The van der Waals surface area contributed by atoms with Gasteiger partial charge in [0.15, 0.2) is 0 Å². The van der Waals surface area contributed by atoms with Crippen molar-refractivity contribution in [3.05, 3.63) is 101 Å². The van der Waals surface area contributed by atoms with Crippen LogP contribution in [-0.4, -0.2) is 24.5 Å². The molecule has 0 unspecified atom stereocenters. The number of rotatable bonds is 8. The maximum atomic E-state index is 13.0. The standard InChI is InChI=1S/C29H34N2O2/c1-21(2)18-28(24-12-14-27(33-3)15-13-24)30-29(32)25-10-8-22(9-11-25)19-31-17-16-23-6-4-5-7-26(23)20-31/h4-15,21,28H,16-20H2,1-3H3,(H,30,32)/t28-/m1/s1. The van der Waals surface area contributed by atoms with Gasteiger partial charge in [-0.3, -0.25) is 9.69 Å². The molecule has 4 rings (SSSR count). The normalized spacial score (nSPS) is 14.5. The summed E-state index contributed by atoms with van der Waals surface area (Å²) in [7, 11) is 1.66. The maximum Gasteiger partial charge on any atom is 0.251 e. The van der Waals surface area contributed by atoms with Crippen LogP contribution in [0.5, 0.6) is 5.75 Å². The van der Waals surface area contributed by atoms with Crippen LogP contribution < -0.4 is 10.1 Å². The molecular weight excluding hydrogens is 408 g/mol. The topological polar surface area (TPSA) is 41.6 Å². The fourth-order valence-corrected chi connectivity index (χ4v) is 4.54. The first-order chi connectivity index (χ1) is 16.0. The van der Waals surface area contributed by atoms with Crippen molar-refractivity contribution in [1.82, 2.24) is 10.2 Å². The molecule has 4 nitrogen and oxygen atoms in total. The van der Waals surface area contributed by atoms with E-state index >= 15 is 0 Å². The molecule has 0 fully saturated rings. The fraction of sp³-hybridized carbons (Fsp3) is 0.345. The molecule has 0 aromatic heterocycles. The van der Waals surface area contributed by atoms with Gasteiger partial charge < -0.3 is 10.1 Å². The van der Waals surface area contributed by atoms with Crippen molar-refractivity contribution in [2.45, 2.75) is 45.8 Å². The summed E-state index contributed by atoms with van der Waals surface area (Å²) in [6.45, 7) is 7.31. The highest BCUT2D eigenvalue weighted by molar-refractivity contribution is 5.94. The number of nitrogens with one attached hydrogen (secondary N) is 1. The Hall–Kier alpha value is -3.11. The SMILES string of the molecule is COc1ccc([C@@H](CC(C)C)NC(=O)c2ccc(CN3CCc4ccccc4C3)cc2)cc1. The van der Waals surface area contributed by atoms with Crippen molar-refractivity contribution < 1.29 is 9.53 Å². The zero-order valence-electron chi connectivity index (χ0n) is 19.9. The van der Waals surface area contributed by atoms with Crippen LogP contribution in [0.4, 0.5) is 0 Å². The average Bonchev–Trinajstić information content (AvgIpc) is 2.84. The van der Waals surface area contributed by atoms with Gasteiger partial charge in [-0.15, -0.1) is 0 Å². The number of carbonyl (C=O) groups is 1. The van der Waals surface area contributed by atoms with Crippen molar-refractivity contribution in [1.29, 1.82) is 0 Å². The Morgan fingerprint density at radius 3 is 2.33 bits per heavy atom. The lowest BCUT2D eigenvalue weighted by Crippen LogP contribution is -2.30. The van der Waals surface area contributed by atoms with E-state index in [9.17, 15) is 4.79 Å². The van der Waals surface area contributed by atoms with Gasteiger partial charge in [0.05, 0.1) is 13.2 Å². The van der Waals surface area contributed by atoms with E-state index in [0.29, 0.717) is 11.5 Å². The quantitative estimate of drug-likeness (QED) is 0.481. The van der Waals surface area contributed by atoms with E-state index in [4.69, 9.17) is 4.74 Å². The zero-order valence-corrected chi connectivity index (χ0v) is 19.9. The second-order valence-electron chi connectivity index (χ2n) is 9.36. The lowest BCUT2D eigenvalue weighted by molar-refractivity contribution is 0.0932. The van der Waals surface area contributed by atoms with Gasteiger partial charge in [0.1, 0.15) is 5.75 Å². The molecule has 172 valence electrons. The third-order valence-electron chi connectivity index (χ3n) is 6.36. The Bertz CT molecular complexity index is 1060. The first-order valence-electron chi connectivity index (χ1n) is 11.8. The predicted octanol–water partition coefficient (Wildman–Crippen LogP) is 5.77. The number of ether oxygens (including phenoxy) is 1. The number of benzene rings is 3. The molecule has 1 heterocycles. The molecule has 0 saturated heterocycles. The zero-order chi connectivity index (χ0) is 23.2. The molecule has 0 bridgehead atoms. The van der Waals surface area contributed by atoms with E-state index in [1.54, 1.807) is 7.11 Å². The van der Waals surface area contributed by atoms with Gasteiger partial charge in [-0.25, -0.2) is 0 Å². The Morgan fingerprint density at radius 2 is 1.67 bits per heavy atom. The average molecular weight is 443 g/mol. The summed E-state index contributed by atoms with van der Waals surface area (Å²) in [6.07, 6.45) is 1.98. The Balaban J connectivity index is 1.39. The van der Waals surface area contributed by atoms with Crippen LogP contribution in [0.2, 0.25) is 0 Å². The lowest BCUT2D eigenvalue weighted by Gasteiger charge is -2.28. The molecular formula is C29H34N2O2. The van der Waals surface area contributed by atoms with E-state index in [1.165, 1.54) is 16.7 Å². The predicted molar refractivity (Wildman–Crippen MR) is 133 cm³/mol. The van der Waals surface area contributed by atoms with Crippen molar-refractivity contribution in [3.63, 3.8) is 0 Å². The minimum atomic E-state index is -0.0325. The molecule has 1 aliphatic heterocycles. The third-order valence-corrected chi connectivity index (χ3v) is 6.36. The Kier molecular flexibility index (Phi) is 7.46. The summed E-state index contributed by atoms with van der Waals surface area (Å²) in [5.41, 5.74) is 5.92. The lowest BCUT2D eigenvalue weighted by atomic mass is 9.96. The number of nitrogens with zero attached hydrogens (tertiary/aromatic N) is 1. The van der Waals surface area contributed by atoms with Crippen molar-refractivity contribution in [2.24, 2.45) is 5.92 Å². The smallest absolute Gasteiger partial charge is 0.251 e. The van der Waals surface area contributed by atoms with E-state index < -0.39 is 0 Å². The first-order valence-corrected chi connectivity index (χ1v) is 11.8. The molecule has 0 aliphatic carbocycles. The van der Waals surface area contributed by atoms with Gasteiger partial charge in [-0.1, -0.05) is 62.4 Å². The molecule has 0 saturated carbocycles. The monoisotopic (exact) mass is 442 g/mol. The molecule has 1 atom stereocenters. The molecule has 0 radical (unpaired) electrons. The number of amides is 1. The fourth-order valence-electron chi connectivity index (χ4n) is 4.54.